The Morgan fingerprint density at radius 2 is 1.81 bits per heavy atom. The van der Waals surface area contributed by atoms with Gasteiger partial charge >= 0.3 is 0 Å². The summed E-state index contributed by atoms with van der Waals surface area (Å²) in [6.45, 7) is 0.759. The van der Waals surface area contributed by atoms with E-state index < -0.39 is 0 Å². The minimum Gasteiger partial charge on any atom is -0.493 e. The lowest BCUT2D eigenvalue weighted by atomic mass is 9.81. The molecule has 0 N–H and O–H groups in total. The fraction of sp³-hybridized carbons (Fsp3) is 0.562. The summed E-state index contributed by atoms with van der Waals surface area (Å²) in [5.74, 6) is 1.88. The predicted octanol–water partition coefficient (Wildman–Crippen LogP) is 2.02. The molecule has 0 amide bonds. The maximum atomic E-state index is 12.7. The number of methoxy groups -OCH3 is 3. The van der Waals surface area contributed by atoms with E-state index in [0.29, 0.717) is 22.8 Å². The van der Waals surface area contributed by atoms with Crippen molar-refractivity contribution in [2.45, 2.75) is 12.8 Å². The number of Topliss-reactive ketones (excluding diaryl/α,β-unsaturated/α-hetero) is 1. The summed E-state index contributed by atoms with van der Waals surface area (Å²) < 4.78 is 16.2. The van der Waals surface area contributed by atoms with Crippen LogP contribution >= 0.6 is 0 Å². The van der Waals surface area contributed by atoms with E-state index >= 15 is 0 Å². The topological polar surface area (TPSA) is 48.0 Å². The van der Waals surface area contributed by atoms with Gasteiger partial charge in [-0.1, -0.05) is 0 Å². The highest BCUT2D eigenvalue weighted by molar-refractivity contribution is 6.02. The molecule has 0 saturated heterocycles. The van der Waals surface area contributed by atoms with E-state index in [0.717, 1.165) is 24.9 Å². The van der Waals surface area contributed by atoms with Crippen LogP contribution in [0.25, 0.3) is 0 Å². The van der Waals surface area contributed by atoms with Crippen LogP contribution in [0.3, 0.4) is 0 Å². The van der Waals surface area contributed by atoms with Gasteiger partial charge < -0.3 is 19.1 Å². The van der Waals surface area contributed by atoms with Gasteiger partial charge in [0.1, 0.15) is 0 Å². The number of ether oxygens (including phenoxy) is 3. The zero-order valence-electron chi connectivity index (χ0n) is 13.4. The first-order valence-corrected chi connectivity index (χ1v) is 7.04. The summed E-state index contributed by atoms with van der Waals surface area (Å²) in [4.78, 5) is 14.8. The van der Waals surface area contributed by atoms with Gasteiger partial charge in [0.05, 0.1) is 21.3 Å². The number of carbonyl (C=O) groups excluding carboxylic acids is 1. The largest absolute Gasteiger partial charge is 0.493 e. The van der Waals surface area contributed by atoms with Gasteiger partial charge in [0.2, 0.25) is 5.75 Å². The van der Waals surface area contributed by atoms with Gasteiger partial charge in [0.25, 0.3) is 0 Å². The molecule has 0 aliphatic heterocycles. The van der Waals surface area contributed by atoms with Crippen molar-refractivity contribution in [3.05, 3.63) is 17.2 Å². The van der Waals surface area contributed by atoms with Crippen molar-refractivity contribution in [2.75, 3.05) is 42.0 Å². The van der Waals surface area contributed by atoms with Crippen LogP contribution in [0.1, 0.15) is 22.3 Å². The summed E-state index contributed by atoms with van der Waals surface area (Å²) in [5.41, 5.74) is 1.62. The number of ketones is 1. The third-order valence-electron chi connectivity index (χ3n) is 3.90. The van der Waals surface area contributed by atoms with Crippen LogP contribution < -0.4 is 14.2 Å². The summed E-state index contributed by atoms with van der Waals surface area (Å²) in [7, 11) is 8.70. The Bertz CT molecular complexity index is 540. The maximum absolute atomic E-state index is 12.7. The lowest BCUT2D eigenvalue weighted by Crippen LogP contribution is -2.32. The smallest absolute Gasteiger partial charge is 0.203 e. The van der Waals surface area contributed by atoms with Gasteiger partial charge in [-0.25, -0.2) is 0 Å². The van der Waals surface area contributed by atoms with E-state index in [2.05, 4.69) is 0 Å². The Kier molecular flexibility index (Phi) is 4.73. The summed E-state index contributed by atoms with van der Waals surface area (Å²) >= 11 is 0. The van der Waals surface area contributed by atoms with Crippen molar-refractivity contribution in [2.24, 2.45) is 5.92 Å². The molecule has 0 bridgehead atoms. The SMILES string of the molecule is COc1cc2c(c(OC)c1OC)CCC(CN(C)C)C2=O. The number of fused-ring (bicyclic) bond motifs is 1. The first-order chi connectivity index (χ1) is 10.0. The summed E-state index contributed by atoms with van der Waals surface area (Å²) in [6, 6.07) is 1.78. The van der Waals surface area contributed by atoms with Crippen molar-refractivity contribution in [3.8, 4) is 17.2 Å². The highest BCUT2D eigenvalue weighted by atomic mass is 16.5. The lowest BCUT2D eigenvalue weighted by molar-refractivity contribution is 0.0875. The van der Waals surface area contributed by atoms with Crippen LogP contribution in [-0.2, 0) is 6.42 Å². The van der Waals surface area contributed by atoms with Crippen molar-refractivity contribution >= 4 is 5.78 Å². The molecule has 1 unspecified atom stereocenters. The molecule has 0 spiro atoms. The Hall–Kier alpha value is -1.75. The third kappa shape index (κ3) is 2.83. The van der Waals surface area contributed by atoms with Crippen LogP contribution in [0.2, 0.25) is 0 Å². The van der Waals surface area contributed by atoms with Gasteiger partial charge in [0.15, 0.2) is 17.3 Å². The normalized spacial score (nSPS) is 17.6. The first-order valence-electron chi connectivity index (χ1n) is 7.04. The summed E-state index contributed by atoms with van der Waals surface area (Å²) in [5, 5.41) is 0. The Balaban J connectivity index is 2.50. The number of hydrogen-bond donors (Lipinski definition) is 0. The number of rotatable bonds is 5. The van der Waals surface area contributed by atoms with E-state index in [1.54, 1.807) is 27.4 Å². The third-order valence-corrected chi connectivity index (χ3v) is 3.90. The quantitative estimate of drug-likeness (QED) is 0.831. The van der Waals surface area contributed by atoms with Gasteiger partial charge in [-0.05, 0) is 33.0 Å². The summed E-state index contributed by atoms with van der Waals surface area (Å²) in [6.07, 6.45) is 1.64. The van der Waals surface area contributed by atoms with Crippen LogP contribution in [0.5, 0.6) is 17.2 Å². The number of benzene rings is 1. The number of carbonyl (C=O) groups is 1. The zero-order valence-corrected chi connectivity index (χ0v) is 13.4. The van der Waals surface area contributed by atoms with E-state index in [-0.39, 0.29) is 11.7 Å². The molecule has 1 atom stereocenters. The van der Waals surface area contributed by atoms with Gasteiger partial charge in [-0.15, -0.1) is 0 Å². The van der Waals surface area contributed by atoms with Gasteiger partial charge in [-0.2, -0.15) is 0 Å². The first kappa shape index (κ1) is 15.6. The monoisotopic (exact) mass is 293 g/mol. The molecule has 0 heterocycles. The average molecular weight is 293 g/mol. The van der Waals surface area contributed by atoms with Crippen LogP contribution in [0.4, 0.5) is 0 Å². The molecule has 0 saturated carbocycles. The highest BCUT2D eigenvalue weighted by Crippen LogP contribution is 2.45. The molecule has 0 fully saturated rings. The van der Waals surface area contributed by atoms with Crippen molar-refractivity contribution in [3.63, 3.8) is 0 Å². The van der Waals surface area contributed by atoms with E-state index in [1.165, 1.54) is 0 Å². The molecule has 5 heteroatoms. The second-order valence-corrected chi connectivity index (χ2v) is 5.53. The Labute approximate surface area is 125 Å². The standard InChI is InChI=1S/C16H23NO4/c1-17(2)9-10-6-7-11-12(14(10)18)8-13(19-3)16(21-5)15(11)20-4/h8,10H,6-7,9H2,1-5H3. The van der Waals surface area contributed by atoms with Crippen molar-refractivity contribution < 1.29 is 19.0 Å². The maximum Gasteiger partial charge on any atom is 0.203 e. The molecule has 1 aromatic carbocycles. The molecule has 116 valence electrons. The van der Waals surface area contributed by atoms with Crippen molar-refractivity contribution in [1.82, 2.24) is 4.90 Å². The molecule has 1 aliphatic carbocycles. The minimum atomic E-state index is 0.0234. The fourth-order valence-electron chi connectivity index (χ4n) is 2.97. The predicted molar refractivity (Wildman–Crippen MR) is 80.8 cm³/mol. The van der Waals surface area contributed by atoms with Gasteiger partial charge in [-0.3, -0.25) is 4.79 Å². The zero-order chi connectivity index (χ0) is 15.6. The van der Waals surface area contributed by atoms with E-state index in [4.69, 9.17) is 14.2 Å². The van der Waals surface area contributed by atoms with E-state index in [9.17, 15) is 4.79 Å². The molecular weight excluding hydrogens is 270 g/mol. The van der Waals surface area contributed by atoms with E-state index in [1.807, 2.05) is 19.0 Å². The van der Waals surface area contributed by atoms with Crippen LogP contribution in [-0.4, -0.2) is 52.7 Å². The van der Waals surface area contributed by atoms with Crippen molar-refractivity contribution in [1.29, 1.82) is 0 Å². The van der Waals surface area contributed by atoms with Gasteiger partial charge in [0, 0.05) is 23.6 Å². The minimum absolute atomic E-state index is 0.0234. The Morgan fingerprint density at radius 3 is 2.33 bits per heavy atom. The van der Waals surface area contributed by atoms with Crippen LogP contribution in [0, 0.1) is 5.92 Å². The molecule has 1 aliphatic rings. The molecule has 2 rings (SSSR count). The molecular formula is C16H23NO4. The fourth-order valence-corrected chi connectivity index (χ4v) is 2.97. The second-order valence-electron chi connectivity index (χ2n) is 5.53. The number of nitrogens with zero attached hydrogens (tertiary/aromatic N) is 1. The highest BCUT2D eigenvalue weighted by Gasteiger charge is 2.32. The molecule has 21 heavy (non-hydrogen) atoms. The average Bonchev–Trinajstić information content (AvgIpc) is 2.47. The molecule has 0 aromatic heterocycles. The molecule has 5 nitrogen and oxygen atoms in total. The Morgan fingerprint density at radius 1 is 1.14 bits per heavy atom. The second kappa shape index (κ2) is 6.35. The number of hydrogen-bond acceptors (Lipinski definition) is 5. The molecule has 1 aromatic rings. The molecule has 0 radical (unpaired) electrons. The van der Waals surface area contributed by atoms with Crippen LogP contribution in [0.15, 0.2) is 6.07 Å². The lowest BCUT2D eigenvalue weighted by Gasteiger charge is -2.28.